The maximum Gasteiger partial charge on any atom is 0.240 e. The molecule has 3 nitrogen and oxygen atoms in total. The van der Waals surface area contributed by atoms with Gasteiger partial charge < -0.3 is 5.32 Å². The fourth-order valence-electron chi connectivity index (χ4n) is 1.19. The predicted octanol–water partition coefficient (Wildman–Crippen LogP) is 2.56. The van der Waals surface area contributed by atoms with Crippen LogP contribution in [0.5, 0.6) is 0 Å². The van der Waals surface area contributed by atoms with Crippen molar-refractivity contribution < 1.29 is 4.79 Å². The Morgan fingerprint density at radius 1 is 1.50 bits per heavy atom. The average Bonchev–Trinajstić information content (AvgIpc) is 2.09. The maximum atomic E-state index is 11.6. The van der Waals surface area contributed by atoms with E-state index in [9.17, 15) is 4.79 Å². The second kappa shape index (κ2) is 3.14. The van der Waals surface area contributed by atoms with Crippen LogP contribution in [0.3, 0.4) is 0 Å². The molecule has 1 aliphatic rings. The van der Waals surface area contributed by atoms with E-state index in [-0.39, 0.29) is 5.91 Å². The monoisotopic (exact) mass is 228 g/mol. The van der Waals surface area contributed by atoms with Crippen LogP contribution in [-0.2, 0) is 4.79 Å². The van der Waals surface area contributed by atoms with Crippen LogP contribution in [0.15, 0.2) is 17.3 Å². The highest BCUT2D eigenvalue weighted by Crippen LogP contribution is 2.44. The summed E-state index contributed by atoms with van der Waals surface area (Å²) in [5.74, 6) is -0.0148. The topological polar surface area (TPSA) is 42.0 Å². The van der Waals surface area contributed by atoms with Gasteiger partial charge in [0.05, 0.1) is 26.5 Å². The Morgan fingerprint density at radius 2 is 2.21 bits per heavy atom. The number of carbonyl (C=O) groups excluding carboxylic acids is 1. The van der Waals surface area contributed by atoms with Gasteiger partial charge in [-0.3, -0.25) is 9.78 Å². The number of anilines is 1. The van der Waals surface area contributed by atoms with E-state index in [2.05, 4.69) is 10.3 Å². The van der Waals surface area contributed by atoms with Crippen molar-refractivity contribution in [3.8, 4) is 0 Å². The van der Waals surface area contributed by atoms with Crippen molar-refractivity contribution in [1.82, 2.24) is 4.98 Å². The molecule has 1 aromatic heterocycles. The number of hydrogen-bond acceptors (Lipinski definition) is 3. The molecule has 74 valence electrons. The van der Waals surface area contributed by atoms with Gasteiger partial charge in [-0.05, 0) is 13.8 Å². The molecule has 1 aromatic rings. The molecule has 1 amide bonds. The number of halogens is 1. The molecule has 1 aliphatic heterocycles. The first-order chi connectivity index (χ1) is 6.50. The van der Waals surface area contributed by atoms with E-state index in [1.165, 1.54) is 11.8 Å². The minimum absolute atomic E-state index is 0.0148. The molecule has 0 fully saturated rings. The second-order valence-electron chi connectivity index (χ2n) is 3.56. The zero-order valence-corrected chi connectivity index (χ0v) is 9.37. The molecule has 0 spiro atoms. The smallest absolute Gasteiger partial charge is 0.240 e. The van der Waals surface area contributed by atoms with Crippen molar-refractivity contribution >= 4 is 35.0 Å². The number of amides is 1. The number of fused-ring (bicyclic) bond motifs is 1. The second-order valence-corrected chi connectivity index (χ2v) is 5.60. The van der Waals surface area contributed by atoms with Crippen LogP contribution >= 0.6 is 23.4 Å². The van der Waals surface area contributed by atoms with Crippen molar-refractivity contribution in [2.24, 2.45) is 0 Å². The first-order valence-corrected chi connectivity index (χ1v) is 5.34. The van der Waals surface area contributed by atoms with E-state index in [4.69, 9.17) is 11.6 Å². The molecule has 1 N–H and O–H groups in total. The van der Waals surface area contributed by atoms with Crippen LogP contribution in [0.4, 0.5) is 5.69 Å². The fraction of sp³-hybridized carbons (Fsp3) is 0.333. The van der Waals surface area contributed by atoms with Crippen LogP contribution in [0.25, 0.3) is 0 Å². The van der Waals surface area contributed by atoms with Crippen molar-refractivity contribution in [3.05, 3.63) is 17.4 Å². The number of thioether (sulfide) groups is 1. The van der Waals surface area contributed by atoms with E-state index < -0.39 is 4.75 Å². The quantitative estimate of drug-likeness (QED) is 0.742. The molecule has 0 aliphatic carbocycles. The summed E-state index contributed by atoms with van der Waals surface area (Å²) < 4.78 is -0.474. The van der Waals surface area contributed by atoms with E-state index in [0.29, 0.717) is 10.7 Å². The van der Waals surface area contributed by atoms with E-state index in [1.54, 1.807) is 12.4 Å². The normalized spacial score (nSPS) is 18.6. The molecular weight excluding hydrogens is 220 g/mol. The lowest BCUT2D eigenvalue weighted by Crippen LogP contribution is -2.37. The molecule has 0 unspecified atom stereocenters. The third-order valence-corrected chi connectivity index (χ3v) is 3.74. The maximum absolute atomic E-state index is 11.6. The lowest BCUT2D eigenvalue weighted by Gasteiger charge is -2.29. The van der Waals surface area contributed by atoms with Gasteiger partial charge in [-0.15, -0.1) is 11.8 Å². The van der Waals surface area contributed by atoms with E-state index in [0.717, 1.165) is 4.90 Å². The molecule has 0 saturated heterocycles. The molecule has 2 rings (SSSR count). The van der Waals surface area contributed by atoms with Crippen LogP contribution in [0.2, 0.25) is 5.02 Å². The first-order valence-electron chi connectivity index (χ1n) is 4.15. The highest BCUT2D eigenvalue weighted by Gasteiger charge is 2.35. The van der Waals surface area contributed by atoms with Gasteiger partial charge in [-0.25, -0.2) is 0 Å². The Labute approximate surface area is 91.2 Å². The summed E-state index contributed by atoms with van der Waals surface area (Å²) in [4.78, 5) is 16.4. The van der Waals surface area contributed by atoms with Crippen LogP contribution in [0.1, 0.15) is 13.8 Å². The van der Waals surface area contributed by atoms with Gasteiger partial charge in [0.15, 0.2) is 0 Å². The van der Waals surface area contributed by atoms with Crippen LogP contribution in [0, 0.1) is 0 Å². The molecule has 0 saturated carbocycles. The number of carbonyl (C=O) groups is 1. The minimum Gasteiger partial charge on any atom is -0.323 e. The molecule has 14 heavy (non-hydrogen) atoms. The lowest BCUT2D eigenvalue weighted by atomic mass is 10.2. The van der Waals surface area contributed by atoms with Crippen LogP contribution < -0.4 is 5.32 Å². The van der Waals surface area contributed by atoms with Gasteiger partial charge in [0.25, 0.3) is 0 Å². The lowest BCUT2D eigenvalue weighted by molar-refractivity contribution is -0.117. The van der Waals surface area contributed by atoms with Gasteiger partial charge in [-0.2, -0.15) is 0 Å². The van der Waals surface area contributed by atoms with Crippen molar-refractivity contribution in [1.29, 1.82) is 0 Å². The summed E-state index contributed by atoms with van der Waals surface area (Å²) in [7, 11) is 0. The van der Waals surface area contributed by atoms with Gasteiger partial charge in [0.1, 0.15) is 0 Å². The number of nitrogens with one attached hydrogen (secondary N) is 1. The van der Waals surface area contributed by atoms with Crippen molar-refractivity contribution in [2.45, 2.75) is 23.5 Å². The molecule has 0 bridgehead atoms. The number of nitrogens with zero attached hydrogens (tertiary/aromatic N) is 1. The zero-order valence-electron chi connectivity index (χ0n) is 7.80. The van der Waals surface area contributed by atoms with E-state index >= 15 is 0 Å². The zero-order chi connectivity index (χ0) is 10.3. The summed E-state index contributed by atoms with van der Waals surface area (Å²) in [6.45, 7) is 3.74. The number of rotatable bonds is 0. The Hall–Kier alpha value is -0.740. The summed E-state index contributed by atoms with van der Waals surface area (Å²) in [6, 6.07) is 0. The molecule has 5 heteroatoms. The van der Waals surface area contributed by atoms with Crippen LogP contribution in [-0.4, -0.2) is 15.6 Å². The summed E-state index contributed by atoms with van der Waals surface area (Å²) in [5, 5.41) is 3.37. The van der Waals surface area contributed by atoms with Gasteiger partial charge in [0.2, 0.25) is 5.91 Å². The number of aromatic nitrogens is 1. The summed E-state index contributed by atoms with van der Waals surface area (Å²) in [6.07, 6.45) is 3.20. The van der Waals surface area contributed by atoms with Gasteiger partial charge in [0, 0.05) is 6.20 Å². The molecule has 2 heterocycles. The highest BCUT2D eigenvalue weighted by atomic mass is 35.5. The highest BCUT2D eigenvalue weighted by molar-refractivity contribution is 8.01. The SMILES string of the molecule is CC1(C)Sc2c(Cl)cncc2NC1=O. The third kappa shape index (κ3) is 1.48. The first kappa shape index (κ1) is 9.80. The number of hydrogen-bond donors (Lipinski definition) is 1. The summed E-state index contributed by atoms with van der Waals surface area (Å²) in [5.41, 5.74) is 0.701. The predicted molar refractivity (Wildman–Crippen MR) is 57.8 cm³/mol. The standard InChI is InChI=1S/C9H9ClN2OS/c1-9(2)8(13)12-6-4-11-3-5(10)7(6)14-9/h3-4H,1-2H3,(H,12,13). The largest absolute Gasteiger partial charge is 0.323 e. The fourth-order valence-corrected chi connectivity index (χ4v) is 2.48. The minimum atomic E-state index is -0.474. The summed E-state index contributed by atoms with van der Waals surface area (Å²) >= 11 is 7.45. The Morgan fingerprint density at radius 3 is 2.93 bits per heavy atom. The third-order valence-electron chi connectivity index (χ3n) is 2.01. The van der Waals surface area contributed by atoms with Crippen molar-refractivity contribution in [2.75, 3.05) is 5.32 Å². The number of pyridine rings is 1. The molecular formula is C9H9ClN2OS. The van der Waals surface area contributed by atoms with Gasteiger partial charge >= 0.3 is 0 Å². The van der Waals surface area contributed by atoms with Gasteiger partial charge in [-0.1, -0.05) is 11.6 Å². The molecule has 0 aromatic carbocycles. The average molecular weight is 229 g/mol. The molecule has 0 atom stereocenters. The Kier molecular flexibility index (Phi) is 2.20. The Bertz CT molecular complexity index is 406. The van der Waals surface area contributed by atoms with E-state index in [1.807, 2.05) is 13.8 Å². The Balaban J connectivity index is 2.51. The van der Waals surface area contributed by atoms with Crippen molar-refractivity contribution in [3.63, 3.8) is 0 Å². The molecule has 0 radical (unpaired) electrons.